The van der Waals surface area contributed by atoms with E-state index in [2.05, 4.69) is 29.7 Å². The van der Waals surface area contributed by atoms with Crippen LogP contribution in [0.1, 0.15) is 24.8 Å². The van der Waals surface area contributed by atoms with E-state index in [1.807, 2.05) is 19.2 Å². The molecule has 20 heavy (non-hydrogen) atoms. The first-order valence-corrected chi connectivity index (χ1v) is 6.95. The second-order valence-corrected chi connectivity index (χ2v) is 5.06. The number of furan rings is 1. The molecule has 0 amide bonds. The van der Waals surface area contributed by atoms with Crippen molar-refractivity contribution in [3.63, 3.8) is 0 Å². The fraction of sp³-hybridized carbons (Fsp3) is 0.312. The summed E-state index contributed by atoms with van der Waals surface area (Å²) in [7, 11) is 2.01. The van der Waals surface area contributed by atoms with E-state index >= 15 is 0 Å². The molecule has 1 aromatic carbocycles. The third kappa shape index (κ3) is 2.02. The van der Waals surface area contributed by atoms with E-state index in [9.17, 15) is 0 Å². The number of benzene rings is 1. The van der Waals surface area contributed by atoms with Gasteiger partial charge in [0.05, 0.1) is 17.3 Å². The van der Waals surface area contributed by atoms with Crippen molar-refractivity contribution in [3.8, 4) is 11.6 Å². The topological polar surface area (TPSA) is 57.0 Å². The lowest BCUT2D eigenvalue weighted by Crippen LogP contribution is -2.11. The SMILES string of the molecule is CCC(CN)c1ccc2c(c1)nc(-c1ccco1)n2C. The number of nitrogens with two attached hydrogens (primary N) is 1. The molecule has 2 heterocycles. The number of fused-ring (bicyclic) bond motifs is 1. The molecule has 0 aliphatic rings. The van der Waals surface area contributed by atoms with Gasteiger partial charge in [0.2, 0.25) is 0 Å². The zero-order chi connectivity index (χ0) is 14.1. The Morgan fingerprint density at radius 2 is 2.20 bits per heavy atom. The quantitative estimate of drug-likeness (QED) is 0.790. The highest BCUT2D eigenvalue weighted by atomic mass is 16.3. The van der Waals surface area contributed by atoms with E-state index in [1.54, 1.807) is 6.26 Å². The minimum absolute atomic E-state index is 0.397. The van der Waals surface area contributed by atoms with Crippen LogP contribution < -0.4 is 5.73 Å². The van der Waals surface area contributed by atoms with Gasteiger partial charge in [-0.05, 0) is 48.7 Å². The van der Waals surface area contributed by atoms with Crippen molar-refractivity contribution < 1.29 is 4.42 Å². The number of aromatic nitrogens is 2. The zero-order valence-corrected chi connectivity index (χ0v) is 11.8. The molecule has 3 rings (SSSR count). The highest BCUT2D eigenvalue weighted by Crippen LogP contribution is 2.27. The summed E-state index contributed by atoms with van der Waals surface area (Å²) in [6, 6.07) is 10.2. The molecule has 0 saturated carbocycles. The van der Waals surface area contributed by atoms with Crippen molar-refractivity contribution in [2.45, 2.75) is 19.3 Å². The molecule has 0 aliphatic heterocycles. The normalized spacial score (nSPS) is 12.9. The van der Waals surface area contributed by atoms with Crippen molar-refractivity contribution in [3.05, 3.63) is 42.2 Å². The molecule has 1 unspecified atom stereocenters. The van der Waals surface area contributed by atoms with Gasteiger partial charge in [-0.1, -0.05) is 13.0 Å². The zero-order valence-electron chi connectivity index (χ0n) is 11.8. The molecule has 2 N–H and O–H groups in total. The van der Waals surface area contributed by atoms with Gasteiger partial charge < -0.3 is 14.7 Å². The van der Waals surface area contributed by atoms with Crippen LogP contribution in [-0.2, 0) is 7.05 Å². The van der Waals surface area contributed by atoms with Crippen molar-refractivity contribution in [2.24, 2.45) is 12.8 Å². The van der Waals surface area contributed by atoms with Crippen LogP contribution in [0.2, 0.25) is 0 Å². The van der Waals surface area contributed by atoms with Crippen molar-refractivity contribution in [1.82, 2.24) is 9.55 Å². The van der Waals surface area contributed by atoms with Crippen LogP contribution in [-0.4, -0.2) is 16.1 Å². The van der Waals surface area contributed by atoms with Crippen LogP contribution in [0.3, 0.4) is 0 Å². The number of nitrogens with zero attached hydrogens (tertiary/aromatic N) is 2. The molecule has 0 bridgehead atoms. The Morgan fingerprint density at radius 1 is 1.35 bits per heavy atom. The number of hydrogen-bond donors (Lipinski definition) is 1. The molecule has 0 fully saturated rings. The van der Waals surface area contributed by atoms with E-state index in [0.29, 0.717) is 12.5 Å². The Balaban J connectivity index is 2.12. The smallest absolute Gasteiger partial charge is 0.176 e. The van der Waals surface area contributed by atoms with Crippen LogP contribution in [0.15, 0.2) is 41.0 Å². The van der Waals surface area contributed by atoms with Crippen molar-refractivity contribution >= 4 is 11.0 Å². The first kappa shape index (κ1) is 12.9. The molecular weight excluding hydrogens is 250 g/mol. The predicted octanol–water partition coefficient (Wildman–Crippen LogP) is 3.29. The van der Waals surface area contributed by atoms with Gasteiger partial charge in [0.15, 0.2) is 11.6 Å². The Morgan fingerprint density at radius 3 is 2.85 bits per heavy atom. The molecule has 3 aromatic rings. The minimum Gasteiger partial charge on any atom is -0.461 e. The van der Waals surface area contributed by atoms with Gasteiger partial charge >= 0.3 is 0 Å². The molecule has 1 atom stereocenters. The predicted molar refractivity (Wildman–Crippen MR) is 80.5 cm³/mol. The molecule has 0 spiro atoms. The summed E-state index contributed by atoms with van der Waals surface area (Å²) >= 11 is 0. The van der Waals surface area contributed by atoms with Crippen LogP contribution in [0, 0.1) is 0 Å². The monoisotopic (exact) mass is 269 g/mol. The maximum absolute atomic E-state index is 5.83. The van der Waals surface area contributed by atoms with Gasteiger partial charge in [-0.2, -0.15) is 0 Å². The summed E-state index contributed by atoms with van der Waals surface area (Å²) in [6.07, 6.45) is 2.71. The fourth-order valence-corrected chi connectivity index (χ4v) is 2.64. The lowest BCUT2D eigenvalue weighted by molar-refractivity contribution is 0.574. The van der Waals surface area contributed by atoms with Crippen molar-refractivity contribution in [1.29, 1.82) is 0 Å². The third-order valence-corrected chi connectivity index (χ3v) is 3.90. The van der Waals surface area contributed by atoms with Gasteiger partial charge in [-0.25, -0.2) is 4.98 Å². The van der Waals surface area contributed by atoms with Crippen LogP contribution in [0.25, 0.3) is 22.6 Å². The molecule has 0 aliphatic carbocycles. The van der Waals surface area contributed by atoms with Crippen LogP contribution in [0.4, 0.5) is 0 Å². The summed E-state index contributed by atoms with van der Waals surface area (Å²) in [5.41, 5.74) is 9.18. The Bertz CT molecular complexity index is 709. The molecule has 4 nitrogen and oxygen atoms in total. The first-order valence-electron chi connectivity index (χ1n) is 6.95. The molecule has 104 valence electrons. The van der Waals surface area contributed by atoms with E-state index in [4.69, 9.17) is 15.1 Å². The Kier molecular flexibility index (Phi) is 3.32. The second-order valence-electron chi connectivity index (χ2n) is 5.06. The van der Waals surface area contributed by atoms with Gasteiger partial charge in [0.25, 0.3) is 0 Å². The van der Waals surface area contributed by atoms with Crippen LogP contribution >= 0.6 is 0 Å². The summed E-state index contributed by atoms with van der Waals surface area (Å²) < 4.78 is 7.50. The summed E-state index contributed by atoms with van der Waals surface area (Å²) in [5.74, 6) is 2.03. The van der Waals surface area contributed by atoms with E-state index in [1.165, 1.54) is 5.56 Å². The van der Waals surface area contributed by atoms with E-state index < -0.39 is 0 Å². The highest BCUT2D eigenvalue weighted by Gasteiger charge is 2.14. The standard InChI is InChI=1S/C16H19N3O/c1-3-11(10-17)12-6-7-14-13(9-12)18-16(19(14)2)15-5-4-8-20-15/h4-9,11H,3,10,17H2,1-2H3. The number of imidazole rings is 1. The third-order valence-electron chi connectivity index (χ3n) is 3.90. The Labute approximate surface area is 118 Å². The number of rotatable bonds is 4. The summed E-state index contributed by atoms with van der Waals surface area (Å²) in [5, 5.41) is 0. The molecule has 0 saturated heterocycles. The molecule has 4 heteroatoms. The van der Waals surface area contributed by atoms with Gasteiger partial charge in [-0.3, -0.25) is 0 Å². The average Bonchev–Trinajstić information content (AvgIpc) is 3.08. The van der Waals surface area contributed by atoms with Crippen molar-refractivity contribution in [2.75, 3.05) is 6.54 Å². The second kappa shape index (κ2) is 5.13. The molecular formula is C16H19N3O. The average molecular weight is 269 g/mol. The Hall–Kier alpha value is -2.07. The highest BCUT2D eigenvalue weighted by molar-refractivity contribution is 5.80. The van der Waals surface area contributed by atoms with E-state index in [0.717, 1.165) is 29.0 Å². The van der Waals surface area contributed by atoms with Gasteiger partial charge in [0, 0.05) is 7.05 Å². The van der Waals surface area contributed by atoms with Gasteiger partial charge in [0.1, 0.15) is 0 Å². The fourth-order valence-electron chi connectivity index (χ4n) is 2.64. The van der Waals surface area contributed by atoms with Gasteiger partial charge in [-0.15, -0.1) is 0 Å². The van der Waals surface area contributed by atoms with Crippen LogP contribution in [0.5, 0.6) is 0 Å². The first-order chi connectivity index (χ1) is 9.74. The largest absolute Gasteiger partial charge is 0.461 e. The minimum atomic E-state index is 0.397. The maximum Gasteiger partial charge on any atom is 0.176 e. The van der Waals surface area contributed by atoms with E-state index in [-0.39, 0.29) is 0 Å². The lowest BCUT2D eigenvalue weighted by atomic mass is 9.96. The molecule has 0 radical (unpaired) electrons. The molecule has 2 aromatic heterocycles. The number of aryl methyl sites for hydroxylation is 1. The summed E-state index contributed by atoms with van der Waals surface area (Å²) in [6.45, 7) is 2.83. The summed E-state index contributed by atoms with van der Waals surface area (Å²) in [4.78, 5) is 4.69. The lowest BCUT2D eigenvalue weighted by Gasteiger charge is -2.12. The number of hydrogen-bond acceptors (Lipinski definition) is 3. The maximum atomic E-state index is 5.83.